The molecule has 0 radical (unpaired) electrons. The molecule has 0 aliphatic rings. The summed E-state index contributed by atoms with van der Waals surface area (Å²) in [6, 6.07) is 15.0. The van der Waals surface area contributed by atoms with Crippen molar-refractivity contribution >= 4 is 28.4 Å². The van der Waals surface area contributed by atoms with Crippen LogP contribution in [0.4, 0.5) is 5.69 Å². The first-order chi connectivity index (χ1) is 14.2. The molecule has 2 amide bonds. The molecular weight excluding hydrogens is 366 g/mol. The molecule has 0 aliphatic heterocycles. The van der Waals surface area contributed by atoms with Gasteiger partial charge in [0.1, 0.15) is 5.75 Å². The molecule has 3 rings (SSSR count). The molecule has 0 saturated heterocycles. The highest BCUT2D eigenvalue weighted by Crippen LogP contribution is 2.18. The van der Waals surface area contributed by atoms with Crippen LogP contribution in [-0.4, -0.2) is 29.9 Å². The Morgan fingerprint density at radius 1 is 1.00 bits per heavy atom. The molecule has 0 atom stereocenters. The number of H-pyrrole nitrogens is 1. The van der Waals surface area contributed by atoms with E-state index in [1.54, 1.807) is 24.3 Å². The van der Waals surface area contributed by atoms with E-state index in [0.29, 0.717) is 25.3 Å². The van der Waals surface area contributed by atoms with Gasteiger partial charge in [0.2, 0.25) is 0 Å². The summed E-state index contributed by atoms with van der Waals surface area (Å²) in [6.45, 7) is 3.22. The molecule has 0 saturated carbocycles. The lowest BCUT2D eigenvalue weighted by Crippen LogP contribution is -2.36. The third kappa shape index (κ3) is 5.85. The molecule has 0 fully saturated rings. The summed E-state index contributed by atoms with van der Waals surface area (Å²) in [4.78, 5) is 27.3. The lowest BCUT2D eigenvalue weighted by molar-refractivity contribution is -0.136. The number of benzene rings is 2. The minimum atomic E-state index is -0.680. The highest BCUT2D eigenvalue weighted by molar-refractivity contribution is 6.39. The molecule has 3 aromatic rings. The molecule has 1 aromatic heterocycles. The number of para-hydroxylation sites is 1. The molecule has 29 heavy (non-hydrogen) atoms. The van der Waals surface area contributed by atoms with Gasteiger partial charge in [0.05, 0.1) is 6.61 Å². The van der Waals surface area contributed by atoms with Gasteiger partial charge in [-0.05, 0) is 48.7 Å². The van der Waals surface area contributed by atoms with Crippen LogP contribution in [0.2, 0.25) is 0 Å². The van der Waals surface area contributed by atoms with E-state index in [1.165, 1.54) is 0 Å². The van der Waals surface area contributed by atoms with E-state index in [9.17, 15) is 9.59 Å². The number of ether oxygens (including phenoxy) is 1. The number of nitrogens with one attached hydrogen (secondary N) is 3. The van der Waals surface area contributed by atoms with Crippen LogP contribution in [0.5, 0.6) is 5.75 Å². The first kappa shape index (κ1) is 20.5. The van der Waals surface area contributed by atoms with Crippen LogP contribution < -0.4 is 15.4 Å². The van der Waals surface area contributed by atoms with Crippen LogP contribution in [0.3, 0.4) is 0 Å². The Morgan fingerprint density at radius 3 is 2.59 bits per heavy atom. The molecule has 1 heterocycles. The Labute approximate surface area is 170 Å². The Kier molecular flexibility index (Phi) is 7.28. The van der Waals surface area contributed by atoms with Crippen LogP contribution in [0.25, 0.3) is 10.9 Å². The van der Waals surface area contributed by atoms with E-state index < -0.39 is 11.8 Å². The summed E-state index contributed by atoms with van der Waals surface area (Å²) in [5, 5.41) is 6.40. The number of hydrogen-bond donors (Lipinski definition) is 3. The number of rotatable bonds is 9. The maximum Gasteiger partial charge on any atom is 0.313 e. The largest absolute Gasteiger partial charge is 0.494 e. The molecule has 0 aliphatic carbocycles. The van der Waals surface area contributed by atoms with Crippen LogP contribution in [0.1, 0.15) is 31.7 Å². The molecule has 3 N–H and O–H groups in total. The minimum Gasteiger partial charge on any atom is -0.494 e. The fourth-order valence-electron chi connectivity index (χ4n) is 3.09. The Balaban J connectivity index is 1.42. The third-order valence-electron chi connectivity index (χ3n) is 4.69. The smallest absolute Gasteiger partial charge is 0.313 e. The van der Waals surface area contributed by atoms with Gasteiger partial charge in [-0.2, -0.15) is 0 Å². The van der Waals surface area contributed by atoms with Crippen molar-refractivity contribution in [3.63, 3.8) is 0 Å². The lowest BCUT2D eigenvalue weighted by atomic mass is 10.1. The van der Waals surface area contributed by atoms with E-state index in [2.05, 4.69) is 22.5 Å². The Hall–Kier alpha value is -3.28. The number of hydrogen-bond acceptors (Lipinski definition) is 3. The number of aromatic nitrogens is 1. The summed E-state index contributed by atoms with van der Waals surface area (Å²) >= 11 is 0. The fourth-order valence-corrected chi connectivity index (χ4v) is 3.09. The van der Waals surface area contributed by atoms with Gasteiger partial charge in [-0.1, -0.05) is 38.0 Å². The van der Waals surface area contributed by atoms with Crippen molar-refractivity contribution in [1.29, 1.82) is 0 Å². The van der Waals surface area contributed by atoms with E-state index in [0.717, 1.165) is 41.5 Å². The van der Waals surface area contributed by atoms with E-state index in [1.807, 2.05) is 30.5 Å². The molecule has 0 unspecified atom stereocenters. The van der Waals surface area contributed by atoms with Gasteiger partial charge in [0.25, 0.3) is 0 Å². The predicted molar refractivity (Wildman–Crippen MR) is 115 cm³/mol. The maximum atomic E-state index is 12.1. The van der Waals surface area contributed by atoms with Gasteiger partial charge >= 0.3 is 11.8 Å². The number of amides is 2. The van der Waals surface area contributed by atoms with Gasteiger partial charge < -0.3 is 20.4 Å². The van der Waals surface area contributed by atoms with Gasteiger partial charge in [-0.3, -0.25) is 9.59 Å². The second-order valence-electron chi connectivity index (χ2n) is 6.90. The Morgan fingerprint density at radius 2 is 1.79 bits per heavy atom. The van der Waals surface area contributed by atoms with E-state index in [-0.39, 0.29) is 0 Å². The van der Waals surface area contributed by atoms with Crippen molar-refractivity contribution in [2.24, 2.45) is 0 Å². The summed E-state index contributed by atoms with van der Waals surface area (Å²) in [7, 11) is 0. The first-order valence-corrected chi connectivity index (χ1v) is 10.0. The summed E-state index contributed by atoms with van der Waals surface area (Å²) in [5.74, 6) is -0.576. The van der Waals surface area contributed by atoms with E-state index >= 15 is 0 Å². The normalized spacial score (nSPS) is 10.7. The van der Waals surface area contributed by atoms with Gasteiger partial charge in [0.15, 0.2) is 0 Å². The third-order valence-corrected chi connectivity index (χ3v) is 4.69. The predicted octanol–water partition coefficient (Wildman–Crippen LogP) is 4.03. The number of anilines is 1. The van der Waals surface area contributed by atoms with Crippen molar-refractivity contribution in [3.8, 4) is 5.75 Å². The van der Waals surface area contributed by atoms with Crippen molar-refractivity contribution in [1.82, 2.24) is 10.3 Å². The first-order valence-electron chi connectivity index (χ1n) is 10.0. The van der Waals surface area contributed by atoms with Crippen LogP contribution in [-0.2, 0) is 16.0 Å². The standard InChI is InChI=1S/C23H27N3O3/c1-2-3-6-15-29-19-11-9-18(10-12-19)26-23(28)22(27)24-14-13-17-16-25-21-8-5-4-7-20(17)21/h4-5,7-12,16,25H,2-3,6,13-15H2,1H3,(H,24,27)(H,26,28). The Bertz CT molecular complexity index is 947. The van der Waals surface area contributed by atoms with Crippen LogP contribution >= 0.6 is 0 Å². The molecule has 152 valence electrons. The molecule has 0 bridgehead atoms. The van der Waals surface area contributed by atoms with Crippen molar-refractivity contribution in [3.05, 3.63) is 60.3 Å². The molecular formula is C23H27N3O3. The fraction of sp³-hybridized carbons (Fsp3) is 0.304. The number of carbonyl (C=O) groups excluding carboxylic acids is 2. The average Bonchev–Trinajstić information content (AvgIpc) is 3.15. The monoisotopic (exact) mass is 393 g/mol. The quantitative estimate of drug-likeness (QED) is 0.379. The summed E-state index contributed by atoms with van der Waals surface area (Å²) in [5.41, 5.74) is 2.72. The SMILES string of the molecule is CCCCCOc1ccc(NC(=O)C(=O)NCCc2c[nH]c3ccccc23)cc1. The van der Waals surface area contributed by atoms with Crippen LogP contribution in [0, 0.1) is 0 Å². The second kappa shape index (κ2) is 10.3. The van der Waals surface area contributed by atoms with Gasteiger partial charge in [-0.15, -0.1) is 0 Å². The maximum absolute atomic E-state index is 12.1. The van der Waals surface area contributed by atoms with Crippen molar-refractivity contribution in [2.45, 2.75) is 32.6 Å². The zero-order valence-corrected chi connectivity index (χ0v) is 16.7. The second-order valence-corrected chi connectivity index (χ2v) is 6.90. The number of fused-ring (bicyclic) bond motifs is 1. The van der Waals surface area contributed by atoms with Gasteiger partial charge in [-0.25, -0.2) is 0 Å². The topological polar surface area (TPSA) is 83.2 Å². The molecule has 6 nitrogen and oxygen atoms in total. The lowest BCUT2D eigenvalue weighted by Gasteiger charge is -2.08. The van der Waals surface area contributed by atoms with E-state index in [4.69, 9.17) is 4.74 Å². The molecule has 6 heteroatoms. The zero-order valence-electron chi connectivity index (χ0n) is 16.7. The zero-order chi connectivity index (χ0) is 20.5. The highest BCUT2D eigenvalue weighted by atomic mass is 16.5. The average molecular weight is 393 g/mol. The molecule has 0 spiro atoms. The number of carbonyl (C=O) groups is 2. The summed E-state index contributed by atoms with van der Waals surface area (Å²) in [6.07, 6.45) is 5.89. The van der Waals surface area contributed by atoms with Gasteiger partial charge in [0, 0.05) is 29.3 Å². The highest BCUT2D eigenvalue weighted by Gasteiger charge is 2.13. The number of unbranched alkanes of at least 4 members (excludes halogenated alkanes) is 2. The molecule has 2 aromatic carbocycles. The number of aromatic amines is 1. The van der Waals surface area contributed by atoms with Crippen molar-refractivity contribution < 1.29 is 14.3 Å². The van der Waals surface area contributed by atoms with Crippen molar-refractivity contribution in [2.75, 3.05) is 18.5 Å². The van der Waals surface area contributed by atoms with Crippen LogP contribution in [0.15, 0.2) is 54.7 Å². The summed E-state index contributed by atoms with van der Waals surface area (Å²) < 4.78 is 5.64. The minimum absolute atomic E-state index is 0.388.